The molecule has 1 aliphatic heterocycles. The van der Waals surface area contributed by atoms with Gasteiger partial charge in [-0.25, -0.2) is 0 Å². The Morgan fingerprint density at radius 1 is 0.294 bits per heavy atom. The van der Waals surface area contributed by atoms with E-state index in [2.05, 4.69) is 26.6 Å². The monoisotopic (exact) mass is 243 g/mol. The number of hydrogen-bond donors (Lipinski definition) is 5. The minimum Gasteiger partial charge on any atom is -0.315 e. The minimum atomic E-state index is 1.06. The SMILES string of the molecule is C1CCNCCNCCNCCNCCNC1. The highest BCUT2D eigenvalue weighted by Gasteiger charge is 1.93. The molecular formula is C12H29N5. The smallest absolute Gasteiger partial charge is 0.00772 e. The van der Waals surface area contributed by atoms with Crippen LogP contribution in [-0.2, 0) is 0 Å². The first-order valence-electron chi connectivity index (χ1n) is 7.04. The van der Waals surface area contributed by atoms with Crippen molar-refractivity contribution in [1.29, 1.82) is 0 Å². The van der Waals surface area contributed by atoms with Crippen LogP contribution < -0.4 is 26.6 Å². The van der Waals surface area contributed by atoms with E-state index in [9.17, 15) is 0 Å². The largest absolute Gasteiger partial charge is 0.315 e. The van der Waals surface area contributed by atoms with Crippen molar-refractivity contribution in [3.05, 3.63) is 0 Å². The maximum Gasteiger partial charge on any atom is 0.00772 e. The van der Waals surface area contributed by atoms with Gasteiger partial charge in [-0.3, -0.25) is 0 Å². The van der Waals surface area contributed by atoms with Crippen molar-refractivity contribution < 1.29 is 0 Å². The van der Waals surface area contributed by atoms with Gasteiger partial charge in [-0.2, -0.15) is 0 Å². The fourth-order valence-electron chi connectivity index (χ4n) is 1.83. The maximum atomic E-state index is 3.46. The molecule has 17 heavy (non-hydrogen) atoms. The Morgan fingerprint density at radius 2 is 0.529 bits per heavy atom. The Labute approximate surface area is 105 Å². The summed E-state index contributed by atoms with van der Waals surface area (Å²) in [6, 6.07) is 0. The minimum absolute atomic E-state index is 1.06. The van der Waals surface area contributed by atoms with Crippen molar-refractivity contribution in [3.63, 3.8) is 0 Å². The third-order valence-electron chi connectivity index (χ3n) is 2.87. The van der Waals surface area contributed by atoms with Gasteiger partial charge in [0, 0.05) is 52.4 Å². The molecule has 1 fully saturated rings. The summed E-state index contributed by atoms with van der Waals surface area (Å²) in [6.07, 6.45) is 2.53. The molecule has 0 aromatic carbocycles. The Hall–Kier alpha value is -0.200. The molecule has 5 N–H and O–H groups in total. The molecule has 1 aliphatic rings. The van der Waals surface area contributed by atoms with E-state index in [4.69, 9.17) is 0 Å². The standard InChI is InChI=1S/C12H29N5/c1-2-4-14-6-8-16-10-12-17-11-9-15-7-5-13-3-1/h13-17H,1-12H2. The first-order chi connectivity index (χ1) is 8.50. The quantitative estimate of drug-likeness (QED) is 0.367. The molecule has 0 bridgehead atoms. The van der Waals surface area contributed by atoms with Crippen molar-refractivity contribution in [2.75, 3.05) is 65.4 Å². The molecule has 0 radical (unpaired) electrons. The highest BCUT2D eigenvalue weighted by Crippen LogP contribution is 1.83. The van der Waals surface area contributed by atoms with Gasteiger partial charge < -0.3 is 26.6 Å². The van der Waals surface area contributed by atoms with Crippen molar-refractivity contribution in [3.8, 4) is 0 Å². The van der Waals surface area contributed by atoms with Crippen LogP contribution in [0.3, 0.4) is 0 Å². The van der Waals surface area contributed by atoms with E-state index in [-0.39, 0.29) is 0 Å². The van der Waals surface area contributed by atoms with E-state index in [1.54, 1.807) is 0 Å². The zero-order valence-corrected chi connectivity index (χ0v) is 11.0. The molecule has 0 saturated carbocycles. The molecule has 1 rings (SSSR count). The predicted octanol–water partition coefficient (Wildman–Crippen LogP) is -1.27. The zero-order valence-electron chi connectivity index (χ0n) is 11.0. The Morgan fingerprint density at radius 3 is 0.824 bits per heavy atom. The van der Waals surface area contributed by atoms with Crippen molar-refractivity contribution >= 4 is 0 Å². The molecule has 102 valence electrons. The van der Waals surface area contributed by atoms with Gasteiger partial charge in [0.1, 0.15) is 0 Å². The second-order valence-corrected chi connectivity index (χ2v) is 4.46. The first kappa shape index (κ1) is 14.9. The van der Waals surface area contributed by atoms with Gasteiger partial charge in [0.2, 0.25) is 0 Å². The van der Waals surface area contributed by atoms with E-state index in [1.807, 2.05) is 0 Å². The molecule has 5 nitrogen and oxygen atoms in total. The molecule has 0 aromatic rings. The summed E-state index contributed by atoms with van der Waals surface area (Å²) in [7, 11) is 0. The summed E-state index contributed by atoms with van der Waals surface area (Å²) in [4.78, 5) is 0. The second-order valence-electron chi connectivity index (χ2n) is 4.46. The van der Waals surface area contributed by atoms with Gasteiger partial charge in [-0.15, -0.1) is 0 Å². The molecule has 0 aromatic heterocycles. The van der Waals surface area contributed by atoms with Gasteiger partial charge in [-0.05, 0) is 25.9 Å². The first-order valence-corrected chi connectivity index (χ1v) is 7.04. The Bertz CT molecular complexity index is 84.3. The summed E-state index contributed by atoms with van der Waals surface area (Å²) < 4.78 is 0. The molecule has 1 saturated heterocycles. The summed E-state index contributed by atoms with van der Waals surface area (Å²) in [6.45, 7) is 10.8. The van der Waals surface area contributed by atoms with Crippen molar-refractivity contribution in [2.24, 2.45) is 0 Å². The van der Waals surface area contributed by atoms with Crippen molar-refractivity contribution in [1.82, 2.24) is 26.6 Å². The molecule has 1 heterocycles. The lowest BCUT2D eigenvalue weighted by atomic mass is 10.3. The summed E-state index contributed by atoms with van der Waals surface area (Å²) >= 11 is 0. The highest BCUT2D eigenvalue weighted by molar-refractivity contribution is 4.59. The zero-order chi connectivity index (χ0) is 12.0. The van der Waals surface area contributed by atoms with Crippen LogP contribution in [0.5, 0.6) is 0 Å². The van der Waals surface area contributed by atoms with Crippen LogP contribution in [0.1, 0.15) is 12.8 Å². The van der Waals surface area contributed by atoms with Gasteiger partial charge in [0.05, 0.1) is 0 Å². The van der Waals surface area contributed by atoms with Crippen LogP contribution >= 0.6 is 0 Å². The van der Waals surface area contributed by atoms with Crippen molar-refractivity contribution in [2.45, 2.75) is 12.8 Å². The fourth-order valence-corrected chi connectivity index (χ4v) is 1.83. The highest BCUT2D eigenvalue weighted by atomic mass is 15.0. The Kier molecular flexibility index (Phi) is 10.7. The predicted molar refractivity (Wildman–Crippen MR) is 73.6 cm³/mol. The average molecular weight is 243 g/mol. The third kappa shape index (κ3) is 10.7. The van der Waals surface area contributed by atoms with Crippen LogP contribution in [0.4, 0.5) is 0 Å². The van der Waals surface area contributed by atoms with Gasteiger partial charge in [-0.1, -0.05) is 0 Å². The topological polar surface area (TPSA) is 60.1 Å². The molecule has 0 unspecified atom stereocenters. The molecule has 5 heteroatoms. The molecule has 0 aliphatic carbocycles. The van der Waals surface area contributed by atoms with Crippen LogP contribution in [0.15, 0.2) is 0 Å². The van der Waals surface area contributed by atoms with Gasteiger partial charge in [0.15, 0.2) is 0 Å². The lowest BCUT2D eigenvalue weighted by Crippen LogP contribution is -2.36. The van der Waals surface area contributed by atoms with E-state index >= 15 is 0 Å². The number of rotatable bonds is 0. The Balaban J connectivity index is 2.01. The van der Waals surface area contributed by atoms with Crippen LogP contribution in [0.2, 0.25) is 0 Å². The summed E-state index contributed by atoms with van der Waals surface area (Å²) in [5.41, 5.74) is 0. The lowest BCUT2D eigenvalue weighted by molar-refractivity contribution is 0.562. The second kappa shape index (κ2) is 12.3. The fraction of sp³-hybridized carbons (Fsp3) is 1.00. The van der Waals surface area contributed by atoms with Crippen LogP contribution in [0.25, 0.3) is 0 Å². The van der Waals surface area contributed by atoms with E-state index in [1.165, 1.54) is 12.8 Å². The van der Waals surface area contributed by atoms with Gasteiger partial charge in [0.25, 0.3) is 0 Å². The molecular weight excluding hydrogens is 214 g/mol. The number of nitrogens with one attached hydrogen (secondary N) is 5. The average Bonchev–Trinajstić information content (AvgIpc) is 2.35. The normalized spacial score (nSPS) is 24.0. The third-order valence-corrected chi connectivity index (χ3v) is 2.87. The van der Waals surface area contributed by atoms with Crippen LogP contribution in [-0.4, -0.2) is 65.4 Å². The maximum absolute atomic E-state index is 3.46. The molecule has 0 atom stereocenters. The molecule has 0 spiro atoms. The van der Waals surface area contributed by atoms with Gasteiger partial charge >= 0.3 is 0 Å². The molecule has 0 amide bonds. The summed E-state index contributed by atoms with van der Waals surface area (Å²) in [5, 5.41) is 17.2. The van der Waals surface area contributed by atoms with E-state index < -0.39 is 0 Å². The van der Waals surface area contributed by atoms with E-state index in [0.717, 1.165) is 65.4 Å². The lowest BCUT2D eigenvalue weighted by Gasteiger charge is -2.07. The van der Waals surface area contributed by atoms with Crippen LogP contribution in [0, 0.1) is 0 Å². The summed E-state index contributed by atoms with van der Waals surface area (Å²) in [5.74, 6) is 0. The van der Waals surface area contributed by atoms with E-state index in [0.29, 0.717) is 0 Å². The number of hydrogen-bond acceptors (Lipinski definition) is 5.